The molecule has 4 nitrogen and oxygen atoms in total. The fourth-order valence-corrected chi connectivity index (χ4v) is 3.32. The van der Waals surface area contributed by atoms with Gasteiger partial charge >= 0.3 is 0 Å². The molecular weight excluding hydrogens is 330 g/mol. The van der Waals surface area contributed by atoms with Gasteiger partial charge in [-0.05, 0) is 41.4 Å². The van der Waals surface area contributed by atoms with Crippen molar-refractivity contribution >= 4 is 17.3 Å². The topological polar surface area (TPSA) is 31.6 Å². The highest BCUT2D eigenvalue weighted by molar-refractivity contribution is 7.80. The summed E-state index contributed by atoms with van der Waals surface area (Å²) in [5, 5.41) is 4.10. The second kappa shape index (κ2) is 8.50. The van der Waals surface area contributed by atoms with Crippen molar-refractivity contribution in [2.24, 2.45) is 0 Å². The van der Waals surface area contributed by atoms with Gasteiger partial charge in [-0.15, -0.1) is 0 Å². The van der Waals surface area contributed by atoms with Gasteiger partial charge in [0.1, 0.15) is 5.76 Å². The lowest BCUT2D eigenvalue weighted by Crippen LogP contribution is -2.51. The number of rotatable bonds is 5. The molecule has 1 saturated heterocycles. The lowest BCUT2D eigenvalue weighted by molar-refractivity contribution is 0.174. The summed E-state index contributed by atoms with van der Waals surface area (Å²) >= 11 is 5.51. The van der Waals surface area contributed by atoms with E-state index in [0.29, 0.717) is 12.5 Å². The first-order valence-electron chi connectivity index (χ1n) is 8.98. The maximum absolute atomic E-state index is 5.51. The van der Waals surface area contributed by atoms with Gasteiger partial charge in [0.25, 0.3) is 0 Å². The molecule has 5 heteroatoms. The molecule has 0 radical (unpaired) electrons. The molecule has 134 valence electrons. The number of piperazine rings is 1. The van der Waals surface area contributed by atoms with Gasteiger partial charge in [-0.1, -0.05) is 38.1 Å². The fraction of sp³-hybridized carbons (Fsp3) is 0.450. The second-order valence-corrected chi connectivity index (χ2v) is 7.28. The van der Waals surface area contributed by atoms with Gasteiger partial charge in [0.15, 0.2) is 5.11 Å². The Morgan fingerprint density at radius 2 is 1.84 bits per heavy atom. The van der Waals surface area contributed by atoms with Crippen LogP contribution in [0.25, 0.3) is 0 Å². The highest BCUT2D eigenvalue weighted by atomic mass is 32.1. The van der Waals surface area contributed by atoms with Crippen molar-refractivity contribution in [3.05, 3.63) is 59.5 Å². The molecule has 0 spiro atoms. The first-order valence-corrected chi connectivity index (χ1v) is 9.39. The zero-order chi connectivity index (χ0) is 17.6. The minimum atomic E-state index is 0.590. The van der Waals surface area contributed by atoms with E-state index in [1.54, 1.807) is 6.26 Å². The average molecular weight is 358 g/mol. The second-order valence-electron chi connectivity index (χ2n) is 6.90. The van der Waals surface area contributed by atoms with Gasteiger partial charge in [0, 0.05) is 32.7 Å². The van der Waals surface area contributed by atoms with Crippen LogP contribution in [0, 0.1) is 0 Å². The normalized spacial score (nSPS) is 15.6. The summed E-state index contributed by atoms with van der Waals surface area (Å²) in [6, 6.07) is 12.9. The number of hydrogen-bond donors (Lipinski definition) is 1. The van der Waals surface area contributed by atoms with Gasteiger partial charge in [-0.2, -0.15) is 0 Å². The molecule has 0 saturated carbocycles. The van der Waals surface area contributed by atoms with Gasteiger partial charge in [0.05, 0.1) is 12.8 Å². The predicted molar refractivity (Wildman–Crippen MR) is 106 cm³/mol. The van der Waals surface area contributed by atoms with Crippen LogP contribution in [0.4, 0.5) is 0 Å². The lowest BCUT2D eigenvalue weighted by atomic mass is 10.0. The van der Waals surface area contributed by atoms with Crippen molar-refractivity contribution in [1.82, 2.24) is 15.1 Å². The molecule has 0 aliphatic carbocycles. The molecule has 1 aliphatic rings. The molecule has 2 heterocycles. The van der Waals surface area contributed by atoms with E-state index in [2.05, 4.69) is 53.2 Å². The molecule has 0 unspecified atom stereocenters. The summed E-state index contributed by atoms with van der Waals surface area (Å²) < 4.78 is 5.33. The Bertz CT molecular complexity index is 659. The molecule has 0 atom stereocenters. The third-order valence-corrected chi connectivity index (χ3v) is 5.11. The minimum Gasteiger partial charge on any atom is -0.467 e. The number of nitrogens with zero attached hydrogens (tertiary/aromatic N) is 2. The van der Waals surface area contributed by atoms with E-state index in [0.717, 1.165) is 43.6 Å². The van der Waals surface area contributed by atoms with E-state index in [1.165, 1.54) is 11.1 Å². The first-order chi connectivity index (χ1) is 12.1. The van der Waals surface area contributed by atoms with Gasteiger partial charge < -0.3 is 14.6 Å². The van der Waals surface area contributed by atoms with Crippen molar-refractivity contribution in [2.45, 2.75) is 32.9 Å². The molecule has 25 heavy (non-hydrogen) atoms. The Labute approximate surface area is 155 Å². The Kier molecular flexibility index (Phi) is 6.10. The Hall–Kier alpha value is -1.85. The van der Waals surface area contributed by atoms with Crippen LogP contribution in [0.1, 0.15) is 36.7 Å². The number of nitrogens with one attached hydrogen (secondary N) is 1. The van der Waals surface area contributed by atoms with E-state index in [4.69, 9.17) is 16.6 Å². The van der Waals surface area contributed by atoms with Crippen LogP contribution in [0.2, 0.25) is 0 Å². The molecule has 1 aromatic heterocycles. The van der Waals surface area contributed by atoms with Crippen molar-refractivity contribution in [3.63, 3.8) is 0 Å². The molecule has 0 amide bonds. The van der Waals surface area contributed by atoms with Crippen LogP contribution in [0.15, 0.2) is 47.1 Å². The highest BCUT2D eigenvalue weighted by Crippen LogP contribution is 2.16. The summed E-state index contributed by atoms with van der Waals surface area (Å²) in [4.78, 5) is 4.74. The monoisotopic (exact) mass is 357 g/mol. The molecular formula is C20H27N3OS. The van der Waals surface area contributed by atoms with E-state index in [-0.39, 0.29) is 0 Å². The van der Waals surface area contributed by atoms with Crippen molar-refractivity contribution < 1.29 is 4.42 Å². The lowest BCUT2D eigenvalue weighted by Gasteiger charge is -2.36. The predicted octanol–water partition coefficient (Wildman–Crippen LogP) is 3.60. The standard InChI is InChI=1S/C20H27N3OS/c1-16(2)18-7-5-17(6-8-18)15-22-9-11-23(12-10-22)20(25)21-14-19-4-3-13-24-19/h3-8,13,16H,9-12,14-15H2,1-2H3,(H,21,25). The van der Waals surface area contributed by atoms with Crippen molar-refractivity contribution in [3.8, 4) is 0 Å². The molecule has 1 aromatic carbocycles. The van der Waals surface area contributed by atoms with E-state index >= 15 is 0 Å². The Balaban J connectivity index is 1.42. The Morgan fingerprint density at radius 3 is 2.44 bits per heavy atom. The van der Waals surface area contributed by atoms with Gasteiger partial charge in [-0.3, -0.25) is 4.90 Å². The maximum Gasteiger partial charge on any atom is 0.169 e. The number of hydrogen-bond acceptors (Lipinski definition) is 3. The Morgan fingerprint density at radius 1 is 1.12 bits per heavy atom. The SMILES string of the molecule is CC(C)c1ccc(CN2CCN(C(=S)NCc3ccco3)CC2)cc1. The van der Waals surface area contributed by atoms with E-state index in [9.17, 15) is 0 Å². The maximum atomic E-state index is 5.51. The average Bonchev–Trinajstić information content (AvgIpc) is 3.14. The summed E-state index contributed by atoms with van der Waals surface area (Å²) in [6.07, 6.45) is 1.69. The number of furan rings is 1. The summed E-state index contributed by atoms with van der Waals surface area (Å²) in [6.45, 7) is 10.1. The zero-order valence-electron chi connectivity index (χ0n) is 15.1. The van der Waals surface area contributed by atoms with Crippen LogP contribution < -0.4 is 5.32 Å². The van der Waals surface area contributed by atoms with Gasteiger partial charge in [-0.25, -0.2) is 0 Å². The third-order valence-electron chi connectivity index (χ3n) is 4.71. The smallest absolute Gasteiger partial charge is 0.169 e. The largest absolute Gasteiger partial charge is 0.467 e. The number of benzene rings is 1. The van der Waals surface area contributed by atoms with Crippen molar-refractivity contribution in [1.29, 1.82) is 0 Å². The van der Waals surface area contributed by atoms with E-state index in [1.807, 2.05) is 12.1 Å². The summed E-state index contributed by atoms with van der Waals surface area (Å²) in [5.74, 6) is 1.50. The third kappa shape index (κ3) is 5.06. The molecule has 1 fully saturated rings. The van der Waals surface area contributed by atoms with Crippen LogP contribution in [-0.2, 0) is 13.1 Å². The minimum absolute atomic E-state index is 0.590. The molecule has 0 bridgehead atoms. The molecule has 3 rings (SSSR count). The van der Waals surface area contributed by atoms with Crippen molar-refractivity contribution in [2.75, 3.05) is 26.2 Å². The van der Waals surface area contributed by atoms with Crippen LogP contribution in [0.3, 0.4) is 0 Å². The molecule has 2 aromatic rings. The fourth-order valence-electron chi connectivity index (χ4n) is 3.06. The van der Waals surface area contributed by atoms with Crippen LogP contribution in [-0.4, -0.2) is 41.1 Å². The molecule has 1 aliphatic heterocycles. The first kappa shape index (κ1) is 18.0. The number of thiocarbonyl (C=S) groups is 1. The van der Waals surface area contributed by atoms with Gasteiger partial charge in [0.2, 0.25) is 0 Å². The highest BCUT2D eigenvalue weighted by Gasteiger charge is 2.19. The summed E-state index contributed by atoms with van der Waals surface area (Å²) in [7, 11) is 0. The van der Waals surface area contributed by atoms with Crippen LogP contribution in [0.5, 0.6) is 0 Å². The zero-order valence-corrected chi connectivity index (χ0v) is 15.9. The quantitative estimate of drug-likeness (QED) is 0.827. The summed E-state index contributed by atoms with van der Waals surface area (Å²) in [5.41, 5.74) is 2.79. The van der Waals surface area contributed by atoms with Crippen LogP contribution >= 0.6 is 12.2 Å². The van der Waals surface area contributed by atoms with E-state index < -0.39 is 0 Å². The molecule has 1 N–H and O–H groups in total.